The van der Waals surface area contributed by atoms with Crippen molar-refractivity contribution >= 4 is 5.91 Å². The lowest BCUT2D eigenvalue weighted by molar-refractivity contribution is -0.126. The highest BCUT2D eigenvalue weighted by Gasteiger charge is 2.25. The lowest BCUT2D eigenvalue weighted by Crippen LogP contribution is -2.38. The zero-order valence-corrected chi connectivity index (χ0v) is 11.0. The number of aromatic amines is 1. The highest BCUT2D eigenvalue weighted by Crippen LogP contribution is 2.26. The Bertz CT molecular complexity index is 583. The molecule has 0 saturated carbocycles. The van der Waals surface area contributed by atoms with Gasteiger partial charge in [0.15, 0.2) is 0 Å². The van der Waals surface area contributed by atoms with E-state index in [-0.39, 0.29) is 11.8 Å². The number of hydrogen-bond acceptors (Lipinski definition) is 4. The Morgan fingerprint density at radius 2 is 2.35 bits per heavy atom. The van der Waals surface area contributed by atoms with Crippen molar-refractivity contribution in [3.63, 3.8) is 0 Å². The number of nitrogens with zero attached hydrogens (tertiary/aromatic N) is 2. The van der Waals surface area contributed by atoms with Gasteiger partial charge in [-0.1, -0.05) is 18.2 Å². The lowest BCUT2D eigenvalue weighted by atomic mass is 9.96. The quantitative estimate of drug-likeness (QED) is 0.859. The Morgan fingerprint density at radius 3 is 3.20 bits per heavy atom. The number of amides is 1. The van der Waals surface area contributed by atoms with Gasteiger partial charge in [-0.05, 0) is 18.1 Å². The lowest BCUT2D eigenvalue weighted by Gasteiger charge is -2.24. The molecule has 2 aromatic rings. The maximum atomic E-state index is 12.1. The number of aromatic nitrogens is 3. The molecule has 1 amide bonds. The number of carbonyl (C=O) groups is 1. The Balaban J connectivity index is 1.51. The molecular weight excluding hydrogens is 256 g/mol. The van der Waals surface area contributed by atoms with E-state index in [1.54, 1.807) is 6.20 Å². The van der Waals surface area contributed by atoms with Crippen LogP contribution in [0.4, 0.5) is 0 Å². The highest BCUT2D eigenvalue weighted by atomic mass is 16.5. The third-order valence-electron chi connectivity index (χ3n) is 3.40. The molecule has 6 nitrogen and oxygen atoms in total. The summed E-state index contributed by atoms with van der Waals surface area (Å²) in [4.78, 5) is 12.1. The molecule has 0 unspecified atom stereocenters. The second kappa shape index (κ2) is 5.73. The van der Waals surface area contributed by atoms with Gasteiger partial charge in [0, 0.05) is 13.0 Å². The number of ether oxygens (including phenoxy) is 1. The van der Waals surface area contributed by atoms with Gasteiger partial charge in [0.25, 0.3) is 0 Å². The van der Waals surface area contributed by atoms with Crippen molar-refractivity contribution in [2.24, 2.45) is 5.92 Å². The van der Waals surface area contributed by atoms with Gasteiger partial charge in [0.1, 0.15) is 12.4 Å². The molecule has 2 heterocycles. The number of fused-ring (bicyclic) bond motifs is 1. The average Bonchev–Trinajstić information content (AvgIpc) is 3.00. The summed E-state index contributed by atoms with van der Waals surface area (Å²) >= 11 is 0. The van der Waals surface area contributed by atoms with Crippen molar-refractivity contribution in [3.8, 4) is 5.75 Å². The van der Waals surface area contributed by atoms with Crippen LogP contribution in [0.2, 0.25) is 0 Å². The third kappa shape index (κ3) is 2.79. The molecule has 0 fully saturated rings. The van der Waals surface area contributed by atoms with E-state index < -0.39 is 0 Å². The van der Waals surface area contributed by atoms with E-state index in [1.165, 1.54) is 0 Å². The Hall–Kier alpha value is -2.37. The van der Waals surface area contributed by atoms with Crippen molar-refractivity contribution < 1.29 is 9.53 Å². The van der Waals surface area contributed by atoms with Gasteiger partial charge in [-0.15, -0.1) is 0 Å². The van der Waals surface area contributed by atoms with Crippen molar-refractivity contribution in [3.05, 3.63) is 41.7 Å². The Kier molecular flexibility index (Phi) is 3.62. The number of H-pyrrole nitrogens is 1. The first-order chi connectivity index (χ1) is 9.83. The Morgan fingerprint density at radius 1 is 1.45 bits per heavy atom. The first-order valence-corrected chi connectivity index (χ1v) is 6.66. The molecule has 20 heavy (non-hydrogen) atoms. The van der Waals surface area contributed by atoms with Crippen molar-refractivity contribution in [2.75, 3.05) is 13.2 Å². The summed E-state index contributed by atoms with van der Waals surface area (Å²) in [5.74, 6) is 0.796. The summed E-state index contributed by atoms with van der Waals surface area (Å²) < 4.78 is 5.62. The zero-order valence-electron chi connectivity index (χ0n) is 11.0. The maximum absolute atomic E-state index is 12.1. The van der Waals surface area contributed by atoms with Crippen LogP contribution in [-0.2, 0) is 17.6 Å². The van der Waals surface area contributed by atoms with Gasteiger partial charge in [-0.2, -0.15) is 15.4 Å². The summed E-state index contributed by atoms with van der Waals surface area (Å²) in [5, 5.41) is 13.1. The topological polar surface area (TPSA) is 79.9 Å². The molecule has 3 rings (SSSR count). The first kappa shape index (κ1) is 12.7. The van der Waals surface area contributed by atoms with Gasteiger partial charge in [0.2, 0.25) is 5.91 Å². The fraction of sp³-hybridized carbons (Fsp3) is 0.357. The number of rotatable bonds is 4. The number of nitrogens with one attached hydrogen (secondary N) is 2. The number of benzene rings is 1. The van der Waals surface area contributed by atoms with Crippen LogP contribution in [0.5, 0.6) is 5.75 Å². The zero-order chi connectivity index (χ0) is 13.8. The number of hydrogen-bond donors (Lipinski definition) is 2. The van der Waals surface area contributed by atoms with Crippen LogP contribution in [0, 0.1) is 5.92 Å². The predicted octanol–water partition coefficient (Wildman–Crippen LogP) is 0.715. The third-order valence-corrected chi connectivity index (χ3v) is 3.40. The van der Waals surface area contributed by atoms with E-state index in [0.717, 1.165) is 23.4 Å². The predicted molar refractivity (Wildman–Crippen MR) is 72.2 cm³/mol. The first-order valence-electron chi connectivity index (χ1n) is 6.66. The molecule has 6 heteroatoms. The second-order valence-corrected chi connectivity index (χ2v) is 4.82. The minimum Gasteiger partial charge on any atom is -0.492 e. The fourth-order valence-corrected chi connectivity index (χ4v) is 2.30. The summed E-state index contributed by atoms with van der Waals surface area (Å²) in [6.45, 7) is 0.996. The summed E-state index contributed by atoms with van der Waals surface area (Å²) in [6, 6.07) is 7.85. The average molecular weight is 272 g/mol. The van der Waals surface area contributed by atoms with Crippen LogP contribution >= 0.6 is 0 Å². The molecule has 1 aliphatic rings. The molecular formula is C14H16N4O2. The second-order valence-electron chi connectivity index (χ2n) is 4.82. The fourth-order valence-electron chi connectivity index (χ4n) is 2.30. The molecule has 0 radical (unpaired) electrons. The molecule has 1 atom stereocenters. The monoisotopic (exact) mass is 272 g/mol. The van der Waals surface area contributed by atoms with Gasteiger partial charge >= 0.3 is 0 Å². The maximum Gasteiger partial charge on any atom is 0.226 e. The van der Waals surface area contributed by atoms with E-state index in [2.05, 4.69) is 20.7 Å². The summed E-state index contributed by atoms with van der Waals surface area (Å²) in [7, 11) is 0. The van der Waals surface area contributed by atoms with E-state index in [9.17, 15) is 4.79 Å². The molecule has 104 valence electrons. The largest absolute Gasteiger partial charge is 0.492 e. The standard InChI is InChI=1S/C14H16N4O2/c19-14(15-6-5-12-8-16-18-17-12)11-7-10-3-1-2-4-13(10)20-9-11/h1-4,8,11H,5-7,9H2,(H,15,19)(H,16,17,18)/t11-/m0/s1. The normalized spacial score (nSPS) is 17.1. The molecule has 0 saturated heterocycles. The molecule has 0 aliphatic carbocycles. The van der Waals surface area contributed by atoms with Crippen LogP contribution in [-0.4, -0.2) is 34.5 Å². The van der Waals surface area contributed by atoms with Crippen LogP contribution < -0.4 is 10.1 Å². The SMILES string of the molecule is O=C(NCCc1cn[nH]n1)[C@@H]1COc2ccccc2C1. The van der Waals surface area contributed by atoms with Crippen molar-refractivity contribution in [1.82, 2.24) is 20.7 Å². The summed E-state index contributed by atoms with van der Waals surface area (Å²) in [6.07, 6.45) is 3.06. The molecule has 1 aliphatic heterocycles. The van der Waals surface area contributed by atoms with E-state index in [0.29, 0.717) is 19.6 Å². The molecule has 1 aromatic carbocycles. The number of carbonyl (C=O) groups excluding carboxylic acids is 1. The minimum atomic E-state index is -0.123. The van der Waals surface area contributed by atoms with Crippen LogP contribution in [0.1, 0.15) is 11.3 Å². The van der Waals surface area contributed by atoms with E-state index >= 15 is 0 Å². The van der Waals surface area contributed by atoms with E-state index in [1.807, 2.05) is 24.3 Å². The van der Waals surface area contributed by atoms with Crippen LogP contribution in [0.15, 0.2) is 30.5 Å². The van der Waals surface area contributed by atoms with Crippen LogP contribution in [0.25, 0.3) is 0 Å². The molecule has 1 aromatic heterocycles. The summed E-state index contributed by atoms with van der Waals surface area (Å²) in [5.41, 5.74) is 1.94. The minimum absolute atomic E-state index is 0.0306. The number of para-hydroxylation sites is 1. The van der Waals surface area contributed by atoms with Gasteiger partial charge in [-0.3, -0.25) is 4.79 Å². The molecule has 2 N–H and O–H groups in total. The smallest absolute Gasteiger partial charge is 0.226 e. The molecule has 0 bridgehead atoms. The van der Waals surface area contributed by atoms with Crippen molar-refractivity contribution in [2.45, 2.75) is 12.8 Å². The van der Waals surface area contributed by atoms with E-state index in [4.69, 9.17) is 4.74 Å². The van der Waals surface area contributed by atoms with Crippen molar-refractivity contribution in [1.29, 1.82) is 0 Å². The molecule has 0 spiro atoms. The highest BCUT2D eigenvalue weighted by molar-refractivity contribution is 5.79. The van der Waals surface area contributed by atoms with Gasteiger partial charge in [0.05, 0.1) is 17.8 Å². The van der Waals surface area contributed by atoms with Gasteiger partial charge < -0.3 is 10.1 Å². The van der Waals surface area contributed by atoms with Gasteiger partial charge in [-0.25, -0.2) is 0 Å². The Labute approximate surface area is 116 Å². The van der Waals surface area contributed by atoms with Crippen LogP contribution in [0.3, 0.4) is 0 Å².